The SMILES string of the molecule is Nc1ccc([N+](=O)[O-])cc1F.Oc1ccccc1. The van der Waals surface area contributed by atoms with Crippen molar-refractivity contribution in [3.05, 3.63) is 64.5 Å². The van der Waals surface area contributed by atoms with Gasteiger partial charge in [0.2, 0.25) is 0 Å². The molecule has 0 radical (unpaired) electrons. The van der Waals surface area contributed by atoms with Crippen LogP contribution in [0.25, 0.3) is 0 Å². The molecule has 0 spiro atoms. The number of nitrogen functional groups attached to an aromatic ring is 1. The summed E-state index contributed by atoms with van der Waals surface area (Å²) in [4.78, 5) is 9.38. The number of rotatable bonds is 1. The van der Waals surface area contributed by atoms with Crippen LogP contribution < -0.4 is 5.73 Å². The van der Waals surface area contributed by atoms with Gasteiger partial charge in [0.15, 0.2) is 5.82 Å². The molecular formula is C12H11FN2O3. The highest BCUT2D eigenvalue weighted by molar-refractivity contribution is 5.46. The smallest absolute Gasteiger partial charge is 0.272 e. The molecule has 3 N–H and O–H groups in total. The zero-order valence-corrected chi connectivity index (χ0v) is 9.29. The number of nitro benzene ring substituents is 1. The van der Waals surface area contributed by atoms with Crippen LogP contribution in [0.15, 0.2) is 48.5 Å². The van der Waals surface area contributed by atoms with Gasteiger partial charge in [-0.05, 0) is 18.2 Å². The summed E-state index contributed by atoms with van der Waals surface area (Å²) < 4.78 is 12.5. The van der Waals surface area contributed by atoms with Crippen molar-refractivity contribution in [1.82, 2.24) is 0 Å². The van der Waals surface area contributed by atoms with E-state index in [1.165, 1.54) is 0 Å². The molecule has 0 atom stereocenters. The van der Waals surface area contributed by atoms with Crippen molar-refractivity contribution in [2.24, 2.45) is 0 Å². The van der Waals surface area contributed by atoms with Crippen molar-refractivity contribution >= 4 is 11.4 Å². The summed E-state index contributed by atoms with van der Waals surface area (Å²) in [5.41, 5.74) is 4.71. The van der Waals surface area contributed by atoms with Gasteiger partial charge in [-0.3, -0.25) is 10.1 Å². The Balaban J connectivity index is 0.000000199. The number of halogens is 1. The first-order valence-electron chi connectivity index (χ1n) is 4.94. The molecule has 2 aromatic rings. The second-order valence-corrected chi connectivity index (χ2v) is 3.30. The van der Waals surface area contributed by atoms with Crippen molar-refractivity contribution in [2.75, 3.05) is 5.73 Å². The Hall–Kier alpha value is -2.63. The average molecular weight is 250 g/mol. The number of phenols is 1. The molecule has 0 fully saturated rings. The molecule has 2 aromatic carbocycles. The Morgan fingerprint density at radius 1 is 1.17 bits per heavy atom. The van der Waals surface area contributed by atoms with Gasteiger partial charge in [0.1, 0.15) is 5.75 Å². The average Bonchev–Trinajstić information content (AvgIpc) is 2.34. The number of non-ortho nitro benzene ring substituents is 1. The van der Waals surface area contributed by atoms with Crippen LogP contribution in [0.1, 0.15) is 0 Å². The highest BCUT2D eigenvalue weighted by Gasteiger charge is 2.07. The van der Waals surface area contributed by atoms with Gasteiger partial charge in [-0.25, -0.2) is 4.39 Å². The van der Waals surface area contributed by atoms with Crippen LogP contribution in [0.2, 0.25) is 0 Å². The van der Waals surface area contributed by atoms with E-state index < -0.39 is 10.7 Å². The Labute approximate surface area is 102 Å². The molecule has 0 aliphatic heterocycles. The zero-order chi connectivity index (χ0) is 13.5. The maximum absolute atomic E-state index is 12.5. The van der Waals surface area contributed by atoms with E-state index in [-0.39, 0.29) is 11.4 Å². The number of aromatic hydroxyl groups is 1. The van der Waals surface area contributed by atoms with Crippen molar-refractivity contribution < 1.29 is 14.4 Å². The van der Waals surface area contributed by atoms with Gasteiger partial charge in [-0.1, -0.05) is 18.2 Å². The summed E-state index contributed by atoms with van der Waals surface area (Å²) in [6.45, 7) is 0. The van der Waals surface area contributed by atoms with E-state index in [0.717, 1.165) is 18.2 Å². The molecule has 0 amide bonds. The van der Waals surface area contributed by atoms with Gasteiger partial charge in [0.05, 0.1) is 16.7 Å². The largest absolute Gasteiger partial charge is 0.508 e. The van der Waals surface area contributed by atoms with Crippen LogP contribution in [0.5, 0.6) is 5.75 Å². The maximum Gasteiger partial charge on any atom is 0.272 e. The van der Waals surface area contributed by atoms with Crippen LogP contribution in [0.4, 0.5) is 15.8 Å². The molecule has 18 heavy (non-hydrogen) atoms. The first kappa shape index (κ1) is 13.4. The van der Waals surface area contributed by atoms with E-state index in [0.29, 0.717) is 5.75 Å². The summed E-state index contributed by atoms with van der Waals surface area (Å²) in [6.07, 6.45) is 0. The molecular weight excluding hydrogens is 239 g/mol. The minimum absolute atomic E-state index is 0.0874. The standard InChI is InChI=1S/C6H5FN2O2.C6H6O/c7-5-3-4(9(10)11)1-2-6(5)8;7-6-4-2-1-3-5-6/h1-3H,8H2;1-5,7H. The fraction of sp³-hybridized carbons (Fsp3) is 0. The fourth-order valence-corrected chi connectivity index (χ4v) is 1.06. The van der Waals surface area contributed by atoms with E-state index >= 15 is 0 Å². The summed E-state index contributed by atoms with van der Waals surface area (Å²) in [5.74, 6) is -0.443. The third kappa shape index (κ3) is 4.09. The normalized spacial score (nSPS) is 9.17. The van der Waals surface area contributed by atoms with E-state index in [1.807, 2.05) is 6.07 Å². The molecule has 0 aromatic heterocycles. The molecule has 94 valence electrons. The third-order valence-electron chi connectivity index (χ3n) is 1.95. The Morgan fingerprint density at radius 2 is 1.78 bits per heavy atom. The van der Waals surface area contributed by atoms with Gasteiger partial charge in [-0.2, -0.15) is 0 Å². The predicted molar refractivity (Wildman–Crippen MR) is 65.6 cm³/mol. The second kappa shape index (κ2) is 6.19. The molecule has 0 unspecified atom stereocenters. The van der Waals surface area contributed by atoms with E-state index in [1.54, 1.807) is 24.3 Å². The van der Waals surface area contributed by atoms with E-state index in [9.17, 15) is 14.5 Å². The molecule has 0 heterocycles. The molecule has 0 aliphatic carbocycles. The van der Waals surface area contributed by atoms with E-state index in [2.05, 4.69) is 0 Å². The fourth-order valence-electron chi connectivity index (χ4n) is 1.06. The van der Waals surface area contributed by atoms with Crippen molar-refractivity contribution in [3.8, 4) is 5.75 Å². The van der Waals surface area contributed by atoms with E-state index in [4.69, 9.17) is 10.8 Å². The Kier molecular flexibility index (Phi) is 4.62. The van der Waals surface area contributed by atoms with Crippen LogP contribution in [0.3, 0.4) is 0 Å². The number of nitrogens with two attached hydrogens (primary N) is 1. The minimum atomic E-state index is -0.765. The quantitative estimate of drug-likeness (QED) is 0.462. The van der Waals surface area contributed by atoms with Gasteiger partial charge in [-0.15, -0.1) is 0 Å². The highest BCUT2D eigenvalue weighted by atomic mass is 19.1. The summed E-state index contributed by atoms with van der Waals surface area (Å²) in [6, 6.07) is 11.8. The number of phenolic OH excluding ortho intramolecular Hbond substituents is 1. The Bertz CT molecular complexity index is 532. The third-order valence-corrected chi connectivity index (χ3v) is 1.95. The monoisotopic (exact) mass is 250 g/mol. The highest BCUT2D eigenvalue weighted by Crippen LogP contribution is 2.17. The van der Waals surface area contributed by atoms with Crippen LogP contribution >= 0.6 is 0 Å². The van der Waals surface area contributed by atoms with Gasteiger partial charge < -0.3 is 10.8 Å². The molecule has 5 nitrogen and oxygen atoms in total. The molecule has 0 saturated heterocycles. The lowest BCUT2D eigenvalue weighted by Gasteiger charge is -1.94. The molecule has 0 aliphatic rings. The summed E-state index contributed by atoms with van der Waals surface area (Å²) in [5, 5.41) is 18.7. The molecule has 0 saturated carbocycles. The molecule has 6 heteroatoms. The number of hydrogen-bond donors (Lipinski definition) is 2. The number of para-hydroxylation sites is 1. The summed E-state index contributed by atoms with van der Waals surface area (Å²) >= 11 is 0. The van der Waals surface area contributed by atoms with Crippen LogP contribution in [-0.2, 0) is 0 Å². The topological polar surface area (TPSA) is 89.4 Å². The molecule has 2 rings (SSSR count). The number of hydrogen-bond acceptors (Lipinski definition) is 4. The van der Waals surface area contributed by atoms with Crippen molar-refractivity contribution in [1.29, 1.82) is 0 Å². The maximum atomic E-state index is 12.5. The lowest BCUT2D eigenvalue weighted by Crippen LogP contribution is -1.93. The first-order chi connectivity index (χ1) is 8.50. The van der Waals surface area contributed by atoms with Crippen molar-refractivity contribution in [2.45, 2.75) is 0 Å². The number of benzene rings is 2. The minimum Gasteiger partial charge on any atom is -0.508 e. The second-order valence-electron chi connectivity index (χ2n) is 3.30. The van der Waals surface area contributed by atoms with Gasteiger partial charge in [0, 0.05) is 6.07 Å². The predicted octanol–water partition coefficient (Wildman–Crippen LogP) is 2.71. The lowest BCUT2D eigenvalue weighted by atomic mass is 10.3. The summed E-state index contributed by atoms with van der Waals surface area (Å²) in [7, 11) is 0. The van der Waals surface area contributed by atoms with Crippen LogP contribution in [0, 0.1) is 15.9 Å². The van der Waals surface area contributed by atoms with Crippen molar-refractivity contribution in [3.63, 3.8) is 0 Å². The zero-order valence-electron chi connectivity index (χ0n) is 9.29. The lowest BCUT2D eigenvalue weighted by molar-refractivity contribution is -0.385. The number of anilines is 1. The van der Waals surface area contributed by atoms with Gasteiger partial charge in [0.25, 0.3) is 5.69 Å². The van der Waals surface area contributed by atoms with Crippen LogP contribution in [-0.4, -0.2) is 10.0 Å². The number of nitro groups is 1. The first-order valence-corrected chi connectivity index (χ1v) is 4.94. The van der Waals surface area contributed by atoms with Gasteiger partial charge >= 0.3 is 0 Å². The Morgan fingerprint density at radius 3 is 2.17 bits per heavy atom. The molecule has 0 bridgehead atoms. The number of nitrogens with zero attached hydrogens (tertiary/aromatic N) is 1.